The van der Waals surface area contributed by atoms with Gasteiger partial charge in [0.25, 0.3) is 5.91 Å². The summed E-state index contributed by atoms with van der Waals surface area (Å²) in [6.07, 6.45) is 2.92. The minimum Gasteiger partial charge on any atom is -0.480 e. The molecule has 22 heavy (non-hydrogen) atoms. The van der Waals surface area contributed by atoms with Crippen LogP contribution in [0.15, 0.2) is 22.7 Å². The van der Waals surface area contributed by atoms with E-state index in [1.807, 2.05) is 32.2 Å². The van der Waals surface area contributed by atoms with E-state index in [4.69, 9.17) is 9.47 Å². The number of halogens is 1. The molecule has 0 spiro atoms. The Labute approximate surface area is 140 Å². The number of amides is 1. The van der Waals surface area contributed by atoms with Gasteiger partial charge in [0.15, 0.2) is 6.10 Å². The van der Waals surface area contributed by atoms with Crippen molar-refractivity contribution in [2.45, 2.75) is 45.3 Å². The third-order valence-electron chi connectivity index (χ3n) is 3.93. The summed E-state index contributed by atoms with van der Waals surface area (Å²) in [5.74, 6) is 0.685. The first-order valence-electron chi connectivity index (χ1n) is 7.76. The Hall–Kier alpha value is -1.07. The second-order valence-corrected chi connectivity index (χ2v) is 6.73. The van der Waals surface area contributed by atoms with E-state index in [0.29, 0.717) is 18.4 Å². The molecule has 1 aliphatic heterocycles. The lowest BCUT2D eigenvalue weighted by Gasteiger charge is -2.23. The Morgan fingerprint density at radius 2 is 2.32 bits per heavy atom. The first kappa shape index (κ1) is 17.3. The molecular weight excluding hydrogens is 346 g/mol. The number of nitrogens with zero attached hydrogens (tertiary/aromatic N) is 1. The molecule has 2 atom stereocenters. The average molecular weight is 370 g/mol. The maximum absolute atomic E-state index is 12.4. The van der Waals surface area contributed by atoms with Crippen LogP contribution in [0.2, 0.25) is 0 Å². The molecule has 5 heteroatoms. The topological polar surface area (TPSA) is 38.8 Å². The van der Waals surface area contributed by atoms with Gasteiger partial charge in [0, 0.05) is 20.2 Å². The summed E-state index contributed by atoms with van der Waals surface area (Å²) in [6, 6.07) is 5.83. The van der Waals surface area contributed by atoms with Crippen molar-refractivity contribution in [1.82, 2.24) is 4.90 Å². The van der Waals surface area contributed by atoms with Crippen LogP contribution in [0.1, 0.15) is 31.7 Å². The number of hydrogen-bond acceptors (Lipinski definition) is 3. The molecule has 0 radical (unpaired) electrons. The Bertz CT molecular complexity index is 515. The smallest absolute Gasteiger partial charge is 0.263 e. The summed E-state index contributed by atoms with van der Waals surface area (Å²) >= 11 is 3.47. The quantitative estimate of drug-likeness (QED) is 0.769. The number of carbonyl (C=O) groups excluding carboxylic acids is 1. The fourth-order valence-corrected chi connectivity index (χ4v) is 3.16. The second-order valence-electron chi connectivity index (χ2n) is 5.88. The fraction of sp³-hybridized carbons (Fsp3) is 0.588. The minimum atomic E-state index is -0.506. The van der Waals surface area contributed by atoms with Crippen molar-refractivity contribution in [2.75, 3.05) is 20.2 Å². The zero-order valence-electron chi connectivity index (χ0n) is 13.5. The predicted octanol–water partition coefficient (Wildman–Crippen LogP) is 3.55. The van der Waals surface area contributed by atoms with Crippen LogP contribution >= 0.6 is 15.9 Å². The van der Waals surface area contributed by atoms with Crippen LogP contribution in [-0.2, 0) is 9.53 Å². The first-order valence-corrected chi connectivity index (χ1v) is 8.56. The molecular formula is C17H24BrNO3. The highest BCUT2D eigenvalue weighted by molar-refractivity contribution is 9.10. The minimum absolute atomic E-state index is 0.00882. The zero-order chi connectivity index (χ0) is 16.1. The van der Waals surface area contributed by atoms with Gasteiger partial charge in [-0.25, -0.2) is 0 Å². The van der Waals surface area contributed by atoms with Crippen LogP contribution in [-0.4, -0.2) is 43.2 Å². The van der Waals surface area contributed by atoms with Crippen LogP contribution in [0, 0.1) is 6.92 Å². The molecule has 0 aromatic heterocycles. The fourth-order valence-electron chi connectivity index (χ4n) is 2.57. The van der Waals surface area contributed by atoms with E-state index in [9.17, 15) is 4.79 Å². The molecule has 0 N–H and O–H groups in total. The number of rotatable bonds is 6. The molecule has 0 unspecified atom stereocenters. The van der Waals surface area contributed by atoms with Crippen molar-refractivity contribution in [3.63, 3.8) is 0 Å². The Balaban J connectivity index is 1.84. The molecule has 0 saturated carbocycles. The number of ether oxygens (including phenoxy) is 2. The highest BCUT2D eigenvalue weighted by Gasteiger charge is 2.22. The van der Waals surface area contributed by atoms with Gasteiger partial charge in [0.05, 0.1) is 10.6 Å². The van der Waals surface area contributed by atoms with Crippen molar-refractivity contribution < 1.29 is 14.3 Å². The normalized spacial score (nSPS) is 19.0. The van der Waals surface area contributed by atoms with E-state index in [1.165, 1.54) is 0 Å². The molecule has 1 heterocycles. The lowest BCUT2D eigenvalue weighted by molar-refractivity contribution is -0.136. The molecule has 1 saturated heterocycles. The second kappa shape index (κ2) is 7.97. The van der Waals surface area contributed by atoms with E-state index in [-0.39, 0.29) is 5.91 Å². The van der Waals surface area contributed by atoms with E-state index < -0.39 is 6.10 Å². The van der Waals surface area contributed by atoms with Crippen LogP contribution in [0.5, 0.6) is 5.75 Å². The van der Waals surface area contributed by atoms with E-state index in [0.717, 1.165) is 35.9 Å². The highest BCUT2D eigenvalue weighted by Crippen LogP contribution is 2.27. The van der Waals surface area contributed by atoms with Gasteiger partial charge in [0.2, 0.25) is 0 Å². The molecule has 1 amide bonds. The van der Waals surface area contributed by atoms with E-state index in [1.54, 1.807) is 11.8 Å². The summed E-state index contributed by atoms with van der Waals surface area (Å²) < 4.78 is 12.2. The molecule has 1 aromatic carbocycles. The van der Waals surface area contributed by atoms with Crippen molar-refractivity contribution >= 4 is 21.8 Å². The number of benzene rings is 1. The van der Waals surface area contributed by atoms with Crippen molar-refractivity contribution in [3.05, 3.63) is 28.2 Å². The summed E-state index contributed by atoms with van der Waals surface area (Å²) in [4.78, 5) is 14.1. The molecule has 1 aromatic rings. The van der Waals surface area contributed by atoms with Gasteiger partial charge in [-0.15, -0.1) is 0 Å². The third kappa shape index (κ3) is 4.71. The zero-order valence-corrected chi connectivity index (χ0v) is 15.1. The van der Waals surface area contributed by atoms with Crippen molar-refractivity contribution in [3.8, 4) is 5.75 Å². The number of hydrogen-bond donors (Lipinski definition) is 0. The van der Waals surface area contributed by atoms with Gasteiger partial charge in [-0.2, -0.15) is 0 Å². The van der Waals surface area contributed by atoms with Gasteiger partial charge < -0.3 is 14.4 Å². The number of likely N-dealkylation sites (N-methyl/N-ethyl adjacent to an activating group) is 1. The van der Waals surface area contributed by atoms with Crippen LogP contribution in [0.25, 0.3) is 0 Å². The van der Waals surface area contributed by atoms with Crippen LogP contribution in [0.4, 0.5) is 0 Å². The van der Waals surface area contributed by atoms with E-state index in [2.05, 4.69) is 15.9 Å². The Morgan fingerprint density at radius 3 is 2.95 bits per heavy atom. The summed E-state index contributed by atoms with van der Waals surface area (Å²) in [5.41, 5.74) is 1.15. The summed E-state index contributed by atoms with van der Waals surface area (Å²) in [5, 5.41) is 0. The van der Waals surface area contributed by atoms with Gasteiger partial charge in [-0.3, -0.25) is 4.79 Å². The SMILES string of the molecule is Cc1ccc(O[C@@H](C)C(=O)N(C)CC[C@H]2CCCO2)c(Br)c1. The number of aryl methyl sites for hydroxylation is 1. The summed E-state index contributed by atoms with van der Waals surface area (Å²) in [7, 11) is 1.82. The summed E-state index contributed by atoms with van der Waals surface area (Å²) in [6.45, 7) is 5.36. The standard InChI is InChI=1S/C17H24BrNO3/c1-12-6-7-16(15(18)11-12)22-13(2)17(20)19(3)9-8-14-5-4-10-21-14/h6-7,11,13-14H,4-5,8-10H2,1-3H3/t13-,14+/m0/s1. The Morgan fingerprint density at radius 1 is 1.55 bits per heavy atom. The third-order valence-corrected chi connectivity index (χ3v) is 4.55. The maximum Gasteiger partial charge on any atom is 0.263 e. The van der Waals surface area contributed by atoms with E-state index >= 15 is 0 Å². The molecule has 122 valence electrons. The highest BCUT2D eigenvalue weighted by atomic mass is 79.9. The van der Waals surface area contributed by atoms with Crippen LogP contribution in [0.3, 0.4) is 0 Å². The molecule has 1 aliphatic rings. The lowest BCUT2D eigenvalue weighted by atomic mass is 10.2. The molecule has 4 nitrogen and oxygen atoms in total. The van der Waals surface area contributed by atoms with Crippen molar-refractivity contribution in [2.24, 2.45) is 0 Å². The number of carbonyl (C=O) groups is 1. The van der Waals surface area contributed by atoms with Gasteiger partial charge in [-0.1, -0.05) is 6.07 Å². The molecule has 1 fully saturated rings. The molecule has 2 rings (SSSR count). The monoisotopic (exact) mass is 369 g/mol. The maximum atomic E-state index is 12.4. The van der Waals surface area contributed by atoms with Crippen molar-refractivity contribution in [1.29, 1.82) is 0 Å². The average Bonchev–Trinajstić information content (AvgIpc) is 3.00. The largest absolute Gasteiger partial charge is 0.480 e. The van der Waals surface area contributed by atoms with Gasteiger partial charge >= 0.3 is 0 Å². The Kier molecular flexibility index (Phi) is 6.26. The first-order chi connectivity index (χ1) is 10.5. The van der Waals surface area contributed by atoms with Gasteiger partial charge in [-0.05, 0) is 66.7 Å². The molecule has 0 aliphatic carbocycles. The predicted molar refractivity (Wildman–Crippen MR) is 90.2 cm³/mol. The lowest BCUT2D eigenvalue weighted by Crippen LogP contribution is -2.39. The van der Waals surface area contributed by atoms with Crippen LogP contribution < -0.4 is 4.74 Å². The molecule has 0 bridgehead atoms. The van der Waals surface area contributed by atoms with Gasteiger partial charge in [0.1, 0.15) is 5.75 Å².